The first-order chi connectivity index (χ1) is 10.8. The van der Waals surface area contributed by atoms with Gasteiger partial charge in [0.2, 0.25) is 0 Å². The topological polar surface area (TPSA) is 48.1 Å². The van der Waals surface area contributed by atoms with Crippen LogP contribution in [0.4, 0.5) is 5.69 Å². The molecule has 106 valence electrons. The lowest BCUT2D eigenvalue weighted by molar-refractivity contribution is 0.493. The Morgan fingerprint density at radius 3 is 1.82 bits per heavy atom. The summed E-state index contributed by atoms with van der Waals surface area (Å²) in [5.74, 6) is 1.58. The second-order valence-electron chi connectivity index (χ2n) is 5.15. The van der Waals surface area contributed by atoms with E-state index in [0.29, 0.717) is 0 Å². The number of aromatic nitrogens is 1. The summed E-state index contributed by atoms with van der Waals surface area (Å²) in [5, 5.41) is 2.00. The summed E-state index contributed by atoms with van der Waals surface area (Å²) in [5.41, 5.74) is 8.30. The van der Waals surface area contributed by atoms with Crippen molar-refractivity contribution >= 4 is 27.5 Å². The Balaban J connectivity index is 1.97. The Bertz CT molecular complexity index is 908. The number of rotatable bonds is 2. The summed E-state index contributed by atoms with van der Waals surface area (Å²) in [4.78, 5) is 4.69. The van der Waals surface area contributed by atoms with E-state index in [2.05, 4.69) is 0 Å². The van der Waals surface area contributed by atoms with Crippen LogP contribution in [0.3, 0.4) is 0 Å². The Morgan fingerprint density at radius 2 is 1.23 bits per heavy atom. The zero-order chi connectivity index (χ0) is 14.9. The van der Waals surface area contributed by atoms with Crippen molar-refractivity contribution in [3.8, 4) is 11.5 Å². The van der Waals surface area contributed by atoms with Gasteiger partial charge in [-0.1, -0.05) is 24.3 Å². The molecule has 0 aliphatic carbocycles. The van der Waals surface area contributed by atoms with E-state index in [9.17, 15) is 0 Å². The molecule has 0 spiro atoms. The van der Waals surface area contributed by atoms with Crippen LogP contribution in [0.15, 0.2) is 72.8 Å². The summed E-state index contributed by atoms with van der Waals surface area (Å²) in [7, 11) is 0. The molecule has 1 aromatic heterocycles. The molecule has 3 nitrogen and oxygen atoms in total. The van der Waals surface area contributed by atoms with Crippen LogP contribution in [-0.2, 0) is 0 Å². The highest BCUT2D eigenvalue weighted by atomic mass is 16.5. The normalized spacial score (nSPS) is 10.9. The van der Waals surface area contributed by atoms with Gasteiger partial charge in [0.05, 0.1) is 11.0 Å². The number of anilines is 1. The fraction of sp³-hybridized carbons (Fsp3) is 0. The van der Waals surface area contributed by atoms with Crippen LogP contribution < -0.4 is 10.5 Å². The molecule has 1 heterocycles. The van der Waals surface area contributed by atoms with Crippen molar-refractivity contribution in [1.82, 2.24) is 4.98 Å². The van der Waals surface area contributed by atoms with E-state index in [1.54, 1.807) is 0 Å². The van der Waals surface area contributed by atoms with E-state index < -0.39 is 0 Å². The van der Waals surface area contributed by atoms with Gasteiger partial charge in [0.25, 0.3) is 0 Å². The Kier molecular flexibility index (Phi) is 2.90. The minimum Gasteiger partial charge on any atom is -0.456 e. The van der Waals surface area contributed by atoms with Gasteiger partial charge in [0.15, 0.2) is 0 Å². The van der Waals surface area contributed by atoms with Crippen molar-refractivity contribution in [3.63, 3.8) is 0 Å². The first-order valence-electron chi connectivity index (χ1n) is 7.12. The van der Waals surface area contributed by atoms with Crippen molar-refractivity contribution in [1.29, 1.82) is 0 Å². The molecule has 0 aliphatic rings. The number of nitrogens with two attached hydrogens (primary N) is 1. The van der Waals surface area contributed by atoms with Gasteiger partial charge in [-0.2, -0.15) is 0 Å². The first kappa shape index (κ1) is 12.7. The Hall–Kier alpha value is -3.07. The van der Waals surface area contributed by atoms with E-state index >= 15 is 0 Å². The van der Waals surface area contributed by atoms with Crippen LogP contribution in [0.5, 0.6) is 11.5 Å². The van der Waals surface area contributed by atoms with Crippen LogP contribution in [0.1, 0.15) is 0 Å². The van der Waals surface area contributed by atoms with E-state index in [4.69, 9.17) is 15.5 Å². The van der Waals surface area contributed by atoms with E-state index in [-0.39, 0.29) is 0 Å². The third-order valence-electron chi connectivity index (χ3n) is 3.64. The number of pyridine rings is 1. The number of fused-ring (bicyclic) bond motifs is 2. The van der Waals surface area contributed by atoms with Gasteiger partial charge in [-0.05, 0) is 48.5 Å². The molecule has 0 radical (unpaired) electrons. The lowest BCUT2D eigenvalue weighted by atomic mass is 10.1. The molecule has 0 saturated carbocycles. The molecule has 4 rings (SSSR count). The number of para-hydroxylation sites is 2. The van der Waals surface area contributed by atoms with Crippen LogP contribution in [-0.4, -0.2) is 4.98 Å². The van der Waals surface area contributed by atoms with Gasteiger partial charge in [-0.25, -0.2) is 4.98 Å². The minimum absolute atomic E-state index is 0.719. The molecule has 0 atom stereocenters. The summed E-state index contributed by atoms with van der Waals surface area (Å²) in [6, 6.07) is 23.4. The predicted molar refractivity (Wildman–Crippen MR) is 90.2 cm³/mol. The van der Waals surface area contributed by atoms with Gasteiger partial charge < -0.3 is 10.5 Å². The molecular formula is C19H14N2O. The SMILES string of the molecule is Nc1ccc(Oc2c3ccccc3nc3ccccc23)cc1. The maximum absolute atomic E-state index is 6.16. The fourth-order valence-electron chi connectivity index (χ4n) is 2.56. The van der Waals surface area contributed by atoms with Gasteiger partial charge in [-0.3, -0.25) is 0 Å². The molecule has 4 aromatic rings. The van der Waals surface area contributed by atoms with Gasteiger partial charge in [0.1, 0.15) is 11.5 Å². The highest BCUT2D eigenvalue weighted by Gasteiger charge is 2.10. The van der Waals surface area contributed by atoms with E-state index in [1.807, 2.05) is 72.8 Å². The van der Waals surface area contributed by atoms with Crippen molar-refractivity contribution in [2.45, 2.75) is 0 Å². The van der Waals surface area contributed by atoms with Gasteiger partial charge in [-0.15, -0.1) is 0 Å². The molecule has 0 fully saturated rings. The molecule has 22 heavy (non-hydrogen) atoms. The van der Waals surface area contributed by atoms with Crippen molar-refractivity contribution in [3.05, 3.63) is 72.8 Å². The van der Waals surface area contributed by atoms with Crippen molar-refractivity contribution in [2.24, 2.45) is 0 Å². The first-order valence-corrected chi connectivity index (χ1v) is 7.12. The maximum Gasteiger partial charge on any atom is 0.146 e. The molecule has 3 aromatic carbocycles. The van der Waals surface area contributed by atoms with Gasteiger partial charge in [0, 0.05) is 16.5 Å². The zero-order valence-corrected chi connectivity index (χ0v) is 11.9. The summed E-state index contributed by atoms with van der Waals surface area (Å²) in [6.07, 6.45) is 0. The number of nitrogens with zero attached hydrogens (tertiary/aromatic N) is 1. The average Bonchev–Trinajstić information content (AvgIpc) is 2.56. The molecule has 0 aliphatic heterocycles. The van der Waals surface area contributed by atoms with Gasteiger partial charge >= 0.3 is 0 Å². The second kappa shape index (κ2) is 5.04. The highest BCUT2D eigenvalue weighted by molar-refractivity contribution is 6.01. The summed E-state index contributed by atoms with van der Waals surface area (Å²) < 4.78 is 6.16. The smallest absolute Gasteiger partial charge is 0.146 e. The number of hydrogen-bond donors (Lipinski definition) is 1. The van der Waals surface area contributed by atoms with E-state index in [0.717, 1.165) is 39.0 Å². The largest absolute Gasteiger partial charge is 0.456 e. The average molecular weight is 286 g/mol. The van der Waals surface area contributed by atoms with Crippen LogP contribution >= 0.6 is 0 Å². The van der Waals surface area contributed by atoms with E-state index in [1.165, 1.54) is 0 Å². The maximum atomic E-state index is 6.16. The number of nitrogen functional groups attached to an aromatic ring is 1. The third kappa shape index (κ3) is 2.13. The minimum atomic E-state index is 0.719. The zero-order valence-electron chi connectivity index (χ0n) is 11.9. The van der Waals surface area contributed by atoms with Crippen molar-refractivity contribution in [2.75, 3.05) is 5.73 Å². The number of hydrogen-bond acceptors (Lipinski definition) is 3. The molecule has 0 amide bonds. The quantitative estimate of drug-likeness (QED) is 0.427. The molecular weight excluding hydrogens is 272 g/mol. The lowest BCUT2D eigenvalue weighted by Crippen LogP contribution is -1.91. The standard InChI is InChI=1S/C19H14N2O/c20-13-9-11-14(12-10-13)22-19-15-5-1-3-7-17(15)21-18-8-4-2-6-16(18)19/h1-12H,20H2. The third-order valence-corrected chi connectivity index (χ3v) is 3.64. The number of benzene rings is 3. The number of ether oxygens (including phenoxy) is 1. The van der Waals surface area contributed by atoms with Crippen molar-refractivity contribution < 1.29 is 4.74 Å². The van der Waals surface area contributed by atoms with Crippen LogP contribution in [0.25, 0.3) is 21.8 Å². The molecule has 0 saturated heterocycles. The Morgan fingerprint density at radius 1 is 0.682 bits per heavy atom. The van der Waals surface area contributed by atoms with Crippen LogP contribution in [0.2, 0.25) is 0 Å². The molecule has 0 unspecified atom stereocenters. The van der Waals surface area contributed by atoms with Crippen LogP contribution in [0, 0.1) is 0 Å². The fourth-order valence-corrected chi connectivity index (χ4v) is 2.56. The molecule has 2 N–H and O–H groups in total. The molecule has 3 heteroatoms. The summed E-state index contributed by atoms with van der Waals surface area (Å²) in [6.45, 7) is 0. The highest BCUT2D eigenvalue weighted by Crippen LogP contribution is 2.36. The lowest BCUT2D eigenvalue weighted by Gasteiger charge is -2.12. The predicted octanol–water partition coefficient (Wildman–Crippen LogP) is 4.76. The summed E-state index contributed by atoms with van der Waals surface area (Å²) >= 11 is 0. The Labute approximate surface area is 128 Å². The monoisotopic (exact) mass is 286 g/mol. The molecule has 0 bridgehead atoms. The second-order valence-corrected chi connectivity index (χ2v) is 5.15.